The van der Waals surface area contributed by atoms with E-state index in [0.717, 1.165) is 22.1 Å². The summed E-state index contributed by atoms with van der Waals surface area (Å²) >= 11 is 0. The van der Waals surface area contributed by atoms with E-state index in [1.165, 1.54) is 12.1 Å². The molecule has 43 heavy (non-hydrogen) atoms. The van der Waals surface area contributed by atoms with Gasteiger partial charge in [0.1, 0.15) is 9.79 Å². The third kappa shape index (κ3) is 7.71. The zero-order valence-electron chi connectivity index (χ0n) is 22.8. The van der Waals surface area contributed by atoms with E-state index in [1.54, 1.807) is 48.5 Å². The second-order valence-corrected chi connectivity index (χ2v) is 12.0. The van der Waals surface area contributed by atoms with Crippen molar-refractivity contribution in [3.63, 3.8) is 0 Å². The summed E-state index contributed by atoms with van der Waals surface area (Å²) in [5, 5.41) is 8.81. The second-order valence-electron chi connectivity index (χ2n) is 9.25. The quantitative estimate of drug-likeness (QED) is 0.113. The molecule has 0 aliphatic heterocycles. The number of hydrogen-bond acceptors (Lipinski definition) is 6. The maximum absolute atomic E-state index is 11.6. The fourth-order valence-corrected chi connectivity index (χ4v) is 6.08. The van der Waals surface area contributed by atoms with Gasteiger partial charge in [0, 0.05) is 56.6 Å². The molecule has 0 saturated carbocycles. The Morgan fingerprint density at radius 2 is 0.744 bits per heavy atom. The van der Waals surface area contributed by atoms with Gasteiger partial charge in [-0.25, -0.2) is 0 Å². The lowest BCUT2D eigenvalue weighted by Crippen LogP contribution is -2.01. The first-order chi connectivity index (χ1) is 20.1. The van der Waals surface area contributed by atoms with E-state index in [0.29, 0.717) is 22.1 Å². The summed E-state index contributed by atoms with van der Waals surface area (Å²) in [6.45, 7) is 0. The van der Waals surface area contributed by atoms with Crippen LogP contribution in [0.1, 0.15) is 0 Å². The summed E-state index contributed by atoms with van der Waals surface area (Å²) in [6.07, 6.45) is 0. The molecule has 0 saturated heterocycles. The predicted molar refractivity (Wildman–Crippen MR) is 173 cm³/mol. The number of para-hydroxylation sites is 2. The van der Waals surface area contributed by atoms with Crippen LogP contribution in [0, 0.1) is 0 Å². The van der Waals surface area contributed by atoms with Crippen molar-refractivity contribution in [3.8, 4) is 0 Å². The first-order valence-electron chi connectivity index (χ1n) is 12.7. The molecular formula is C32H26MgN2O6S2. The number of benzene rings is 6. The van der Waals surface area contributed by atoms with Crippen LogP contribution >= 0.6 is 0 Å². The summed E-state index contributed by atoms with van der Waals surface area (Å²) in [7, 11) is -8.57. The van der Waals surface area contributed by atoms with Crippen LogP contribution in [0.2, 0.25) is 0 Å². The summed E-state index contributed by atoms with van der Waals surface area (Å²) in [4.78, 5) is -0.196. The van der Waals surface area contributed by atoms with E-state index in [4.69, 9.17) is 0 Å². The SMILES string of the molecule is O=S(=O)(O)c1cccc2cccc(Nc3ccccc3)c12.O=S(=O)(O)c1cccc2cccc(Nc3ccccc3)c12.[Mg]. The fraction of sp³-hybridized carbons (Fsp3) is 0. The van der Waals surface area contributed by atoms with Crippen molar-refractivity contribution in [2.24, 2.45) is 0 Å². The Hall–Kier alpha value is -3.97. The van der Waals surface area contributed by atoms with Gasteiger partial charge in [-0.2, -0.15) is 16.8 Å². The lowest BCUT2D eigenvalue weighted by Gasteiger charge is -2.12. The highest BCUT2D eigenvalue weighted by Gasteiger charge is 2.17. The summed E-state index contributed by atoms with van der Waals surface area (Å²) in [5.74, 6) is 0. The number of anilines is 4. The van der Waals surface area contributed by atoms with E-state index >= 15 is 0 Å². The summed E-state index contributed by atoms with van der Waals surface area (Å²) < 4.78 is 65.2. The molecule has 0 unspecified atom stereocenters. The fourth-order valence-electron chi connectivity index (χ4n) is 4.61. The maximum Gasteiger partial charge on any atom is 0.295 e. The number of nitrogens with one attached hydrogen (secondary N) is 2. The Morgan fingerprint density at radius 3 is 1.07 bits per heavy atom. The molecule has 6 aromatic carbocycles. The van der Waals surface area contributed by atoms with Crippen molar-refractivity contribution in [1.82, 2.24) is 0 Å². The van der Waals surface area contributed by atoms with Gasteiger partial charge in [-0.3, -0.25) is 9.11 Å². The highest BCUT2D eigenvalue weighted by molar-refractivity contribution is 7.86. The third-order valence-corrected chi connectivity index (χ3v) is 8.19. The molecule has 8 nitrogen and oxygen atoms in total. The zero-order valence-corrected chi connectivity index (χ0v) is 25.8. The molecule has 0 heterocycles. The number of hydrogen-bond donors (Lipinski definition) is 4. The van der Waals surface area contributed by atoms with Crippen LogP contribution in [0.15, 0.2) is 143 Å². The van der Waals surface area contributed by atoms with Gasteiger partial charge in [0.25, 0.3) is 20.2 Å². The van der Waals surface area contributed by atoms with Gasteiger partial charge in [0.2, 0.25) is 0 Å². The third-order valence-electron chi connectivity index (χ3n) is 6.39. The lowest BCUT2D eigenvalue weighted by molar-refractivity contribution is 0.482. The Bertz CT molecular complexity index is 1930. The van der Waals surface area contributed by atoms with E-state index in [9.17, 15) is 25.9 Å². The summed E-state index contributed by atoms with van der Waals surface area (Å²) in [5.41, 5.74) is 2.95. The Morgan fingerprint density at radius 1 is 0.419 bits per heavy atom. The molecule has 0 aromatic heterocycles. The van der Waals surface area contributed by atoms with E-state index in [2.05, 4.69) is 10.6 Å². The number of fused-ring (bicyclic) bond motifs is 2. The highest BCUT2D eigenvalue weighted by Crippen LogP contribution is 2.33. The molecule has 0 fully saturated rings. The minimum Gasteiger partial charge on any atom is -0.355 e. The van der Waals surface area contributed by atoms with Crippen LogP contribution in [0.5, 0.6) is 0 Å². The van der Waals surface area contributed by atoms with Crippen molar-refractivity contribution in [3.05, 3.63) is 133 Å². The van der Waals surface area contributed by atoms with Gasteiger partial charge in [0.05, 0.1) is 0 Å². The van der Waals surface area contributed by atoms with Crippen LogP contribution in [0.25, 0.3) is 21.5 Å². The average Bonchev–Trinajstić information content (AvgIpc) is 2.97. The molecular weight excluding hydrogens is 597 g/mol. The van der Waals surface area contributed by atoms with Gasteiger partial charge >= 0.3 is 0 Å². The zero-order chi connectivity index (χ0) is 29.7. The van der Waals surface area contributed by atoms with Gasteiger partial charge in [-0.1, -0.05) is 84.9 Å². The van der Waals surface area contributed by atoms with E-state index in [-0.39, 0.29) is 32.8 Å². The minimum atomic E-state index is -4.28. The van der Waals surface area contributed by atoms with Crippen LogP contribution in [-0.2, 0) is 20.2 Å². The topological polar surface area (TPSA) is 133 Å². The van der Waals surface area contributed by atoms with Gasteiger partial charge in [-0.05, 0) is 59.3 Å². The van der Waals surface area contributed by atoms with Crippen molar-refractivity contribution in [2.75, 3.05) is 10.6 Å². The lowest BCUT2D eigenvalue weighted by atomic mass is 10.1. The predicted octanol–water partition coefficient (Wildman–Crippen LogP) is 7.28. The highest BCUT2D eigenvalue weighted by atomic mass is 32.2. The molecule has 0 spiro atoms. The Balaban J connectivity index is 0.000000192. The standard InChI is InChI=1S/2C16H13NO3S.Mg/c2*18-21(19,20)15-11-5-7-12-6-4-10-14(16(12)15)17-13-8-2-1-3-9-13;/h2*1-11,17H,(H,18,19,20);. The van der Waals surface area contributed by atoms with Gasteiger partial charge < -0.3 is 10.6 Å². The first kappa shape index (κ1) is 32.0. The van der Waals surface area contributed by atoms with Gasteiger partial charge in [0.15, 0.2) is 0 Å². The van der Waals surface area contributed by atoms with Crippen molar-refractivity contribution in [1.29, 1.82) is 0 Å². The first-order valence-corrected chi connectivity index (χ1v) is 15.6. The Kier molecular flexibility index (Phi) is 10.1. The molecule has 11 heteroatoms. The van der Waals surface area contributed by atoms with Crippen LogP contribution in [0.4, 0.5) is 22.7 Å². The molecule has 0 aliphatic rings. The largest absolute Gasteiger partial charge is 0.355 e. The van der Waals surface area contributed by atoms with E-state index in [1.807, 2.05) is 72.8 Å². The molecule has 0 amide bonds. The average molecular weight is 623 g/mol. The molecule has 0 aliphatic carbocycles. The van der Waals surface area contributed by atoms with Crippen LogP contribution in [-0.4, -0.2) is 49.0 Å². The Labute approximate surface area is 266 Å². The van der Waals surface area contributed by atoms with Crippen molar-refractivity contribution < 1.29 is 25.9 Å². The molecule has 2 radical (unpaired) electrons. The van der Waals surface area contributed by atoms with Crippen molar-refractivity contribution >= 4 is 87.6 Å². The number of rotatable bonds is 6. The summed E-state index contributed by atoms with van der Waals surface area (Å²) in [6, 6.07) is 39.3. The normalized spacial score (nSPS) is 11.2. The minimum absolute atomic E-state index is 0. The van der Waals surface area contributed by atoms with Crippen LogP contribution < -0.4 is 10.6 Å². The molecule has 214 valence electrons. The molecule has 6 aromatic rings. The molecule has 4 N–H and O–H groups in total. The van der Waals surface area contributed by atoms with Gasteiger partial charge in [-0.15, -0.1) is 0 Å². The second kappa shape index (κ2) is 13.6. The maximum atomic E-state index is 11.6. The van der Waals surface area contributed by atoms with Crippen LogP contribution in [0.3, 0.4) is 0 Å². The molecule has 0 atom stereocenters. The monoisotopic (exact) mass is 622 g/mol. The molecule has 6 rings (SSSR count). The van der Waals surface area contributed by atoms with Crippen molar-refractivity contribution in [2.45, 2.75) is 9.79 Å². The molecule has 0 bridgehead atoms. The smallest absolute Gasteiger partial charge is 0.295 e. The van der Waals surface area contributed by atoms with E-state index < -0.39 is 20.2 Å².